The van der Waals surface area contributed by atoms with Gasteiger partial charge in [-0.3, -0.25) is 0 Å². The molecular formula is C28H25BrCl3N7O2. The number of nitrogens with zero attached hydrogens (tertiary/aromatic N) is 5. The molecule has 0 spiro atoms. The average molecular weight is 678 g/mol. The topological polar surface area (TPSA) is 96.8 Å². The number of anilines is 4. The quantitative estimate of drug-likeness (QED) is 0.139. The molecule has 2 N–H and O–H groups in total. The van der Waals surface area contributed by atoms with Gasteiger partial charge in [-0.2, -0.15) is 20.1 Å². The first kappa shape index (κ1) is 29.3. The van der Waals surface area contributed by atoms with E-state index in [1.807, 2.05) is 54.3 Å². The lowest BCUT2D eigenvalue weighted by atomic mass is 10.2. The number of benzene rings is 3. The number of hydrazone groups is 1. The fourth-order valence-corrected chi connectivity index (χ4v) is 5.09. The van der Waals surface area contributed by atoms with E-state index >= 15 is 0 Å². The van der Waals surface area contributed by atoms with Gasteiger partial charge in [0.05, 0.1) is 25.1 Å². The Balaban J connectivity index is 1.35. The number of nitrogens with one attached hydrogen (secondary N) is 2. The minimum atomic E-state index is 0.265. The maximum absolute atomic E-state index is 6.36. The highest BCUT2D eigenvalue weighted by Gasteiger charge is 2.17. The second-order valence-corrected chi connectivity index (χ2v) is 11.1. The number of hydrogen-bond acceptors (Lipinski definition) is 9. The van der Waals surface area contributed by atoms with E-state index in [9.17, 15) is 0 Å². The Hall–Kier alpha value is -3.15. The molecule has 5 rings (SSSR count). The van der Waals surface area contributed by atoms with Crippen molar-refractivity contribution < 1.29 is 9.47 Å². The van der Waals surface area contributed by atoms with E-state index < -0.39 is 0 Å². The Bertz CT molecular complexity index is 1570. The monoisotopic (exact) mass is 675 g/mol. The van der Waals surface area contributed by atoms with Gasteiger partial charge in [0.1, 0.15) is 12.4 Å². The molecule has 4 aromatic rings. The van der Waals surface area contributed by atoms with Crippen molar-refractivity contribution in [2.45, 2.75) is 13.5 Å². The normalized spacial score (nSPS) is 13.4. The predicted molar refractivity (Wildman–Crippen MR) is 168 cm³/mol. The molecule has 3 aromatic carbocycles. The first-order valence-corrected chi connectivity index (χ1v) is 14.5. The van der Waals surface area contributed by atoms with Crippen LogP contribution in [-0.4, -0.2) is 47.5 Å². The fraction of sp³-hybridized carbons (Fsp3) is 0.214. The minimum absolute atomic E-state index is 0.265. The lowest BCUT2D eigenvalue weighted by Gasteiger charge is -2.27. The van der Waals surface area contributed by atoms with Crippen molar-refractivity contribution >= 4 is 80.5 Å². The van der Waals surface area contributed by atoms with Crippen molar-refractivity contribution in [3.8, 4) is 5.75 Å². The molecular weight excluding hydrogens is 653 g/mol. The molecule has 0 atom stereocenters. The summed E-state index contributed by atoms with van der Waals surface area (Å²) in [5.74, 6) is 1.74. The molecule has 0 saturated carbocycles. The molecule has 13 heteroatoms. The van der Waals surface area contributed by atoms with E-state index in [-0.39, 0.29) is 12.6 Å². The van der Waals surface area contributed by atoms with Crippen molar-refractivity contribution in [3.63, 3.8) is 0 Å². The van der Waals surface area contributed by atoms with E-state index in [0.717, 1.165) is 26.9 Å². The number of aryl methyl sites for hydroxylation is 1. The Morgan fingerprint density at radius 1 is 1.00 bits per heavy atom. The molecule has 0 amide bonds. The third-order valence-electron chi connectivity index (χ3n) is 6.10. The lowest BCUT2D eigenvalue weighted by Crippen LogP contribution is -2.37. The van der Waals surface area contributed by atoms with Gasteiger partial charge in [0, 0.05) is 43.8 Å². The first-order valence-electron chi connectivity index (χ1n) is 12.6. The first-order chi connectivity index (χ1) is 19.9. The minimum Gasteiger partial charge on any atom is -0.488 e. The van der Waals surface area contributed by atoms with Crippen LogP contribution in [-0.2, 0) is 11.3 Å². The standard InChI is InChI=1S/C28H25BrCl3N7O2/c1-17-12-21(29)24(14-22(17)31)34-26-35-27(37-28(36-26)39-8-10-40-11-9-39)38-33-15-18-4-2-3-5-25(18)41-16-19-6-7-20(30)13-23(19)32/h2-7,12-15H,8-11,16H2,1H3,(H2,34,35,36,37,38)/b33-15+. The van der Waals surface area contributed by atoms with Crippen LogP contribution in [0.2, 0.25) is 15.1 Å². The zero-order valence-corrected chi connectivity index (χ0v) is 25.7. The maximum atomic E-state index is 6.36. The van der Waals surface area contributed by atoms with E-state index in [0.29, 0.717) is 59.0 Å². The van der Waals surface area contributed by atoms with Crippen molar-refractivity contribution in [3.05, 3.63) is 90.8 Å². The van der Waals surface area contributed by atoms with Gasteiger partial charge in [-0.15, -0.1) is 0 Å². The van der Waals surface area contributed by atoms with Crippen molar-refractivity contribution in [1.29, 1.82) is 0 Å². The third-order valence-corrected chi connectivity index (χ3v) is 7.75. The summed E-state index contributed by atoms with van der Waals surface area (Å²) >= 11 is 22.2. The molecule has 212 valence electrons. The van der Waals surface area contributed by atoms with E-state index in [2.05, 4.69) is 46.7 Å². The summed E-state index contributed by atoms with van der Waals surface area (Å²) < 4.78 is 12.3. The zero-order valence-electron chi connectivity index (χ0n) is 21.9. The number of halogens is 4. The van der Waals surface area contributed by atoms with Crippen molar-refractivity contribution in [2.75, 3.05) is 41.9 Å². The molecule has 41 heavy (non-hydrogen) atoms. The largest absolute Gasteiger partial charge is 0.488 e. The smallest absolute Gasteiger partial charge is 0.250 e. The van der Waals surface area contributed by atoms with Gasteiger partial charge in [-0.1, -0.05) is 53.0 Å². The van der Waals surface area contributed by atoms with Gasteiger partial charge >= 0.3 is 0 Å². The van der Waals surface area contributed by atoms with Crippen LogP contribution >= 0.6 is 50.7 Å². The van der Waals surface area contributed by atoms with Crippen LogP contribution in [0.1, 0.15) is 16.7 Å². The molecule has 0 radical (unpaired) electrons. The fourth-order valence-electron chi connectivity index (χ4n) is 3.91. The number of ether oxygens (including phenoxy) is 2. The molecule has 0 unspecified atom stereocenters. The van der Waals surface area contributed by atoms with Crippen molar-refractivity contribution in [2.24, 2.45) is 5.10 Å². The van der Waals surface area contributed by atoms with E-state index in [4.69, 9.17) is 44.3 Å². The summed E-state index contributed by atoms with van der Waals surface area (Å²) in [7, 11) is 0. The summed E-state index contributed by atoms with van der Waals surface area (Å²) in [6, 6.07) is 16.6. The van der Waals surface area contributed by atoms with Crippen LogP contribution in [0, 0.1) is 6.92 Å². The summed E-state index contributed by atoms with van der Waals surface area (Å²) in [6.45, 7) is 4.72. The average Bonchev–Trinajstić information content (AvgIpc) is 2.96. The number of morpholine rings is 1. The number of hydrogen-bond donors (Lipinski definition) is 2. The highest BCUT2D eigenvalue weighted by atomic mass is 79.9. The van der Waals surface area contributed by atoms with E-state index in [1.54, 1.807) is 18.3 Å². The van der Waals surface area contributed by atoms with Crippen LogP contribution in [0.3, 0.4) is 0 Å². The van der Waals surface area contributed by atoms with E-state index in [1.165, 1.54) is 0 Å². The molecule has 1 aromatic heterocycles. The Morgan fingerprint density at radius 3 is 2.59 bits per heavy atom. The summed E-state index contributed by atoms with van der Waals surface area (Å²) in [6.07, 6.45) is 1.64. The van der Waals surface area contributed by atoms with Crippen LogP contribution in [0.15, 0.2) is 64.2 Å². The number of aromatic nitrogens is 3. The zero-order chi connectivity index (χ0) is 28.8. The van der Waals surface area contributed by atoms with Crippen LogP contribution in [0.4, 0.5) is 23.5 Å². The second kappa shape index (κ2) is 13.7. The molecule has 1 aliphatic rings. The highest BCUT2D eigenvalue weighted by Crippen LogP contribution is 2.31. The van der Waals surface area contributed by atoms with Crippen LogP contribution in [0.5, 0.6) is 5.75 Å². The predicted octanol–water partition coefficient (Wildman–Crippen LogP) is 7.51. The Kier molecular flexibility index (Phi) is 9.79. The number of para-hydroxylation sites is 1. The maximum Gasteiger partial charge on any atom is 0.250 e. The molecule has 1 fully saturated rings. The highest BCUT2D eigenvalue weighted by molar-refractivity contribution is 9.10. The SMILES string of the molecule is Cc1cc(Br)c(Nc2nc(N/N=C/c3ccccc3OCc3ccc(Cl)cc3Cl)nc(N3CCOCC3)n2)cc1Cl. The van der Waals surface area contributed by atoms with Crippen LogP contribution in [0.25, 0.3) is 0 Å². The number of rotatable bonds is 9. The van der Waals surface area contributed by atoms with Crippen LogP contribution < -0.4 is 20.4 Å². The molecule has 1 aliphatic heterocycles. The van der Waals surface area contributed by atoms with Gasteiger partial charge in [0.25, 0.3) is 0 Å². The molecule has 0 aliphatic carbocycles. The molecule has 9 nitrogen and oxygen atoms in total. The summed E-state index contributed by atoms with van der Waals surface area (Å²) in [4.78, 5) is 15.8. The molecule has 2 heterocycles. The molecule has 1 saturated heterocycles. The van der Waals surface area contributed by atoms with Gasteiger partial charge in [-0.05, 0) is 64.8 Å². The molecule has 0 bridgehead atoms. The third kappa shape index (κ3) is 7.78. The Labute approximate surface area is 261 Å². The van der Waals surface area contributed by atoms with Crippen molar-refractivity contribution in [1.82, 2.24) is 15.0 Å². The lowest BCUT2D eigenvalue weighted by molar-refractivity contribution is 0.122. The summed E-state index contributed by atoms with van der Waals surface area (Å²) in [5.41, 5.74) is 6.18. The second-order valence-electron chi connectivity index (χ2n) is 9.02. The van der Waals surface area contributed by atoms with Gasteiger partial charge < -0.3 is 19.7 Å². The van der Waals surface area contributed by atoms with Gasteiger partial charge in [0.15, 0.2) is 0 Å². The summed E-state index contributed by atoms with van der Waals surface area (Å²) in [5, 5.41) is 9.35. The van der Waals surface area contributed by atoms with Gasteiger partial charge in [0.2, 0.25) is 17.8 Å². The van der Waals surface area contributed by atoms with Gasteiger partial charge in [-0.25, -0.2) is 5.43 Å². The Morgan fingerprint density at radius 2 is 1.78 bits per heavy atom.